The zero-order valence-electron chi connectivity index (χ0n) is 7.70. The molecular formula is C9H16N2O. The lowest BCUT2D eigenvalue weighted by molar-refractivity contribution is 0.155. The van der Waals surface area contributed by atoms with Crippen LogP contribution in [0.4, 0.5) is 0 Å². The summed E-state index contributed by atoms with van der Waals surface area (Å²) in [7, 11) is 1.85. The van der Waals surface area contributed by atoms with Crippen LogP contribution in [0.1, 0.15) is 38.0 Å². The van der Waals surface area contributed by atoms with Crippen LogP contribution >= 0.6 is 0 Å². The standard InChI is InChI=1S/C9H16N2O/c1-3-4-5-9(12)8-6-7-10-11(8)2/h6-7,9,12H,3-5H2,1-2H3. The number of nitrogens with zero attached hydrogens (tertiary/aromatic N) is 2. The van der Waals surface area contributed by atoms with Gasteiger partial charge < -0.3 is 5.11 Å². The van der Waals surface area contributed by atoms with Gasteiger partial charge in [-0.25, -0.2) is 0 Å². The van der Waals surface area contributed by atoms with Gasteiger partial charge in [-0.1, -0.05) is 19.8 Å². The Balaban J connectivity index is 2.52. The Hall–Kier alpha value is -0.830. The lowest BCUT2D eigenvalue weighted by atomic mass is 10.1. The molecule has 1 rings (SSSR count). The highest BCUT2D eigenvalue weighted by atomic mass is 16.3. The topological polar surface area (TPSA) is 38.1 Å². The molecule has 0 bridgehead atoms. The van der Waals surface area contributed by atoms with Gasteiger partial charge in [0.05, 0.1) is 11.8 Å². The molecule has 0 radical (unpaired) electrons. The average molecular weight is 168 g/mol. The van der Waals surface area contributed by atoms with Gasteiger partial charge in [-0.05, 0) is 12.5 Å². The summed E-state index contributed by atoms with van der Waals surface area (Å²) in [6.07, 6.45) is 4.37. The predicted octanol–water partition coefficient (Wildman–Crippen LogP) is 1.64. The first-order valence-electron chi connectivity index (χ1n) is 4.41. The van der Waals surface area contributed by atoms with E-state index in [-0.39, 0.29) is 6.10 Å². The highest BCUT2D eigenvalue weighted by Gasteiger charge is 2.09. The quantitative estimate of drug-likeness (QED) is 0.742. The fourth-order valence-electron chi connectivity index (χ4n) is 1.26. The van der Waals surface area contributed by atoms with Gasteiger partial charge in [0.2, 0.25) is 0 Å². The number of aliphatic hydroxyl groups excluding tert-OH is 1. The normalized spacial score (nSPS) is 13.2. The molecule has 0 fully saturated rings. The lowest BCUT2D eigenvalue weighted by Crippen LogP contribution is -2.04. The third kappa shape index (κ3) is 2.08. The molecule has 1 N–H and O–H groups in total. The zero-order valence-corrected chi connectivity index (χ0v) is 7.70. The Labute approximate surface area is 73.0 Å². The van der Waals surface area contributed by atoms with E-state index in [1.54, 1.807) is 10.9 Å². The van der Waals surface area contributed by atoms with Gasteiger partial charge in [0.25, 0.3) is 0 Å². The van der Waals surface area contributed by atoms with Gasteiger partial charge >= 0.3 is 0 Å². The van der Waals surface area contributed by atoms with Crippen LogP contribution in [0.15, 0.2) is 12.3 Å². The number of unbranched alkanes of at least 4 members (excludes halogenated alkanes) is 1. The van der Waals surface area contributed by atoms with Crippen molar-refractivity contribution in [2.45, 2.75) is 32.3 Å². The highest BCUT2D eigenvalue weighted by molar-refractivity contribution is 5.03. The van der Waals surface area contributed by atoms with Gasteiger partial charge in [-0.2, -0.15) is 5.10 Å². The molecule has 0 aliphatic rings. The molecule has 0 aliphatic carbocycles. The van der Waals surface area contributed by atoms with Crippen LogP contribution in [0, 0.1) is 0 Å². The third-order valence-electron chi connectivity index (χ3n) is 2.03. The minimum atomic E-state index is -0.350. The van der Waals surface area contributed by atoms with Gasteiger partial charge in [0.1, 0.15) is 0 Å². The Morgan fingerprint density at radius 3 is 2.92 bits per heavy atom. The maximum atomic E-state index is 9.66. The molecule has 1 aromatic heterocycles. The minimum absolute atomic E-state index is 0.350. The summed E-state index contributed by atoms with van der Waals surface area (Å²) in [5.74, 6) is 0. The fourth-order valence-corrected chi connectivity index (χ4v) is 1.26. The van der Waals surface area contributed by atoms with E-state index < -0.39 is 0 Å². The van der Waals surface area contributed by atoms with Crippen molar-refractivity contribution in [2.75, 3.05) is 0 Å². The number of rotatable bonds is 4. The third-order valence-corrected chi connectivity index (χ3v) is 2.03. The summed E-state index contributed by atoms with van der Waals surface area (Å²) in [4.78, 5) is 0. The van der Waals surface area contributed by atoms with Crippen molar-refractivity contribution in [1.82, 2.24) is 9.78 Å². The summed E-state index contributed by atoms with van der Waals surface area (Å²) < 4.78 is 1.72. The molecule has 1 heterocycles. The van der Waals surface area contributed by atoms with E-state index in [0.717, 1.165) is 25.0 Å². The molecular weight excluding hydrogens is 152 g/mol. The predicted molar refractivity (Wildman–Crippen MR) is 47.7 cm³/mol. The first kappa shape index (κ1) is 9.26. The molecule has 0 aromatic carbocycles. The molecule has 0 spiro atoms. The first-order chi connectivity index (χ1) is 5.75. The van der Waals surface area contributed by atoms with E-state index in [1.807, 2.05) is 13.1 Å². The van der Waals surface area contributed by atoms with E-state index in [9.17, 15) is 5.11 Å². The number of hydrogen-bond donors (Lipinski definition) is 1. The van der Waals surface area contributed by atoms with E-state index in [2.05, 4.69) is 12.0 Å². The second-order valence-electron chi connectivity index (χ2n) is 3.04. The maximum absolute atomic E-state index is 9.66. The van der Waals surface area contributed by atoms with Crippen LogP contribution in [0.25, 0.3) is 0 Å². The summed E-state index contributed by atoms with van der Waals surface area (Å²) in [5, 5.41) is 13.7. The van der Waals surface area contributed by atoms with E-state index >= 15 is 0 Å². The average Bonchev–Trinajstić information content (AvgIpc) is 2.47. The van der Waals surface area contributed by atoms with Gasteiger partial charge in [-0.3, -0.25) is 4.68 Å². The van der Waals surface area contributed by atoms with Crippen LogP contribution in [0.2, 0.25) is 0 Å². The van der Waals surface area contributed by atoms with Crippen LogP contribution in [0.5, 0.6) is 0 Å². The lowest BCUT2D eigenvalue weighted by Gasteiger charge is -2.09. The Kier molecular flexibility index (Phi) is 3.29. The number of hydrogen-bond acceptors (Lipinski definition) is 2. The first-order valence-corrected chi connectivity index (χ1v) is 4.41. The molecule has 0 amide bonds. The molecule has 1 atom stereocenters. The molecule has 0 saturated heterocycles. The number of aromatic nitrogens is 2. The van der Waals surface area contributed by atoms with E-state index in [4.69, 9.17) is 0 Å². The minimum Gasteiger partial charge on any atom is -0.387 e. The smallest absolute Gasteiger partial charge is 0.0956 e. The van der Waals surface area contributed by atoms with Crippen molar-refractivity contribution < 1.29 is 5.11 Å². The number of aliphatic hydroxyl groups is 1. The van der Waals surface area contributed by atoms with Crippen molar-refractivity contribution >= 4 is 0 Å². The fraction of sp³-hybridized carbons (Fsp3) is 0.667. The Bertz CT molecular complexity index is 232. The van der Waals surface area contributed by atoms with Gasteiger partial charge in [0, 0.05) is 13.2 Å². The molecule has 3 heteroatoms. The van der Waals surface area contributed by atoms with E-state index in [1.165, 1.54) is 0 Å². The van der Waals surface area contributed by atoms with Crippen LogP contribution in [-0.4, -0.2) is 14.9 Å². The Morgan fingerprint density at radius 2 is 2.42 bits per heavy atom. The molecule has 1 unspecified atom stereocenters. The summed E-state index contributed by atoms with van der Waals surface area (Å²) in [6, 6.07) is 1.86. The molecule has 3 nitrogen and oxygen atoms in total. The van der Waals surface area contributed by atoms with Crippen LogP contribution < -0.4 is 0 Å². The maximum Gasteiger partial charge on any atom is 0.0956 e. The molecule has 1 aromatic rings. The monoisotopic (exact) mass is 168 g/mol. The molecule has 12 heavy (non-hydrogen) atoms. The van der Waals surface area contributed by atoms with Crippen molar-refractivity contribution in [2.24, 2.45) is 7.05 Å². The largest absolute Gasteiger partial charge is 0.387 e. The van der Waals surface area contributed by atoms with Gasteiger partial charge in [-0.15, -0.1) is 0 Å². The van der Waals surface area contributed by atoms with Crippen molar-refractivity contribution in [1.29, 1.82) is 0 Å². The van der Waals surface area contributed by atoms with E-state index in [0.29, 0.717) is 0 Å². The molecule has 0 saturated carbocycles. The number of aryl methyl sites for hydroxylation is 1. The zero-order chi connectivity index (χ0) is 8.97. The van der Waals surface area contributed by atoms with Gasteiger partial charge in [0.15, 0.2) is 0 Å². The second kappa shape index (κ2) is 4.26. The van der Waals surface area contributed by atoms with Crippen molar-refractivity contribution in [3.63, 3.8) is 0 Å². The van der Waals surface area contributed by atoms with Crippen LogP contribution in [0.3, 0.4) is 0 Å². The van der Waals surface area contributed by atoms with Crippen molar-refractivity contribution in [3.8, 4) is 0 Å². The summed E-state index contributed by atoms with van der Waals surface area (Å²) in [5.41, 5.74) is 0.906. The second-order valence-corrected chi connectivity index (χ2v) is 3.04. The highest BCUT2D eigenvalue weighted by Crippen LogP contribution is 2.17. The summed E-state index contributed by atoms with van der Waals surface area (Å²) in [6.45, 7) is 2.12. The van der Waals surface area contributed by atoms with Crippen LogP contribution in [-0.2, 0) is 7.05 Å². The summed E-state index contributed by atoms with van der Waals surface area (Å²) >= 11 is 0. The SMILES string of the molecule is CCCCC(O)c1ccnn1C. The molecule has 68 valence electrons. The van der Waals surface area contributed by atoms with Crippen molar-refractivity contribution in [3.05, 3.63) is 18.0 Å². The Morgan fingerprint density at radius 1 is 1.67 bits per heavy atom. The molecule has 0 aliphatic heterocycles.